The molecule has 0 aliphatic carbocycles. The van der Waals surface area contributed by atoms with E-state index in [2.05, 4.69) is 5.32 Å². The number of urea groups is 1. The lowest BCUT2D eigenvalue weighted by Crippen LogP contribution is -2.30. The first-order chi connectivity index (χ1) is 12.9. The fourth-order valence-corrected chi connectivity index (χ4v) is 3.04. The third-order valence-corrected chi connectivity index (χ3v) is 4.47. The number of anilines is 1. The predicted octanol–water partition coefficient (Wildman–Crippen LogP) is 2.52. The van der Waals surface area contributed by atoms with Crippen LogP contribution < -0.4 is 24.4 Å². The van der Waals surface area contributed by atoms with E-state index in [4.69, 9.17) is 14.2 Å². The van der Waals surface area contributed by atoms with Crippen LogP contribution in [0, 0.1) is 6.92 Å². The van der Waals surface area contributed by atoms with Gasteiger partial charge in [0.25, 0.3) is 5.91 Å². The lowest BCUT2D eigenvalue weighted by Gasteiger charge is -2.17. The number of hydrogen-bond acceptors (Lipinski definition) is 6. The minimum absolute atomic E-state index is 0.117. The fourth-order valence-electron chi connectivity index (χ4n) is 3.04. The van der Waals surface area contributed by atoms with Crippen molar-refractivity contribution in [3.8, 4) is 23.0 Å². The molecule has 2 N–H and O–H groups in total. The van der Waals surface area contributed by atoms with Gasteiger partial charge in [0.1, 0.15) is 17.5 Å². The molecule has 1 saturated heterocycles. The van der Waals surface area contributed by atoms with Crippen LogP contribution in [0.5, 0.6) is 23.0 Å². The largest absolute Gasteiger partial charge is 0.504 e. The standard InChI is InChI=1S/C19H20N2O6/c1-10-15(26-3)8-12(9-16(10)27-4)21-18(23)17(20-19(21)24)11-5-6-14(25-2)13(22)7-11/h5-9,17,22H,1-4H3,(H,20,24). The maximum atomic E-state index is 12.9. The van der Waals surface area contributed by atoms with Crippen molar-refractivity contribution in [1.82, 2.24) is 5.32 Å². The van der Waals surface area contributed by atoms with E-state index in [1.165, 1.54) is 33.5 Å². The Hall–Kier alpha value is -3.42. The zero-order valence-electron chi connectivity index (χ0n) is 15.4. The smallest absolute Gasteiger partial charge is 0.329 e. The normalized spacial score (nSPS) is 16.3. The van der Waals surface area contributed by atoms with Crippen LogP contribution in [0.25, 0.3) is 0 Å². The highest BCUT2D eigenvalue weighted by Crippen LogP contribution is 2.37. The number of nitrogens with zero attached hydrogens (tertiary/aromatic N) is 1. The highest BCUT2D eigenvalue weighted by molar-refractivity contribution is 6.21. The highest BCUT2D eigenvalue weighted by Gasteiger charge is 2.40. The topological polar surface area (TPSA) is 97.3 Å². The molecular weight excluding hydrogens is 352 g/mol. The van der Waals surface area contributed by atoms with Crippen molar-refractivity contribution < 1.29 is 28.9 Å². The van der Waals surface area contributed by atoms with Gasteiger partial charge in [0.15, 0.2) is 11.5 Å². The second kappa shape index (κ2) is 7.06. The number of carbonyl (C=O) groups is 2. The molecule has 3 amide bonds. The minimum Gasteiger partial charge on any atom is -0.504 e. The van der Waals surface area contributed by atoms with E-state index in [9.17, 15) is 14.7 Å². The number of hydrogen-bond donors (Lipinski definition) is 2. The molecule has 0 radical (unpaired) electrons. The Morgan fingerprint density at radius 3 is 2.07 bits per heavy atom. The molecule has 1 aliphatic rings. The molecule has 2 aromatic carbocycles. The summed E-state index contributed by atoms with van der Waals surface area (Å²) in [4.78, 5) is 26.4. The Kier molecular flexibility index (Phi) is 4.81. The van der Waals surface area contributed by atoms with Crippen molar-refractivity contribution in [1.29, 1.82) is 0 Å². The summed E-state index contributed by atoms with van der Waals surface area (Å²) in [5.74, 6) is 0.679. The number of aromatic hydroxyl groups is 1. The van der Waals surface area contributed by atoms with E-state index in [1.807, 2.05) is 6.92 Å². The van der Waals surface area contributed by atoms with Crippen LogP contribution in [0.2, 0.25) is 0 Å². The van der Waals surface area contributed by atoms with Crippen molar-refractivity contribution >= 4 is 17.6 Å². The predicted molar refractivity (Wildman–Crippen MR) is 97.7 cm³/mol. The van der Waals surface area contributed by atoms with E-state index < -0.39 is 18.0 Å². The van der Waals surface area contributed by atoms with Crippen LogP contribution in [-0.4, -0.2) is 38.4 Å². The molecule has 3 rings (SSSR count). The molecule has 8 heteroatoms. The van der Waals surface area contributed by atoms with Crippen LogP contribution in [0.15, 0.2) is 30.3 Å². The van der Waals surface area contributed by atoms with Gasteiger partial charge < -0.3 is 24.6 Å². The molecular formula is C19H20N2O6. The van der Waals surface area contributed by atoms with Crippen LogP contribution in [-0.2, 0) is 4.79 Å². The van der Waals surface area contributed by atoms with Gasteiger partial charge in [-0.15, -0.1) is 0 Å². The number of nitrogens with one attached hydrogen (secondary N) is 1. The van der Waals surface area contributed by atoms with Gasteiger partial charge in [-0.3, -0.25) is 4.79 Å². The van der Waals surface area contributed by atoms with Crippen LogP contribution in [0.1, 0.15) is 17.2 Å². The number of benzene rings is 2. The molecule has 1 aliphatic heterocycles. The highest BCUT2D eigenvalue weighted by atomic mass is 16.5. The van der Waals surface area contributed by atoms with Gasteiger partial charge in [0, 0.05) is 17.7 Å². The fraction of sp³-hybridized carbons (Fsp3) is 0.263. The molecule has 1 heterocycles. The summed E-state index contributed by atoms with van der Waals surface area (Å²) in [5, 5.41) is 12.6. The van der Waals surface area contributed by atoms with Crippen LogP contribution in [0.3, 0.4) is 0 Å². The zero-order valence-corrected chi connectivity index (χ0v) is 15.4. The molecule has 0 aromatic heterocycles. The maximum Gasteiger partial charge on any atom is 0.329 e. The van der Waals surface area contributed by atoms with Crippen molar-refractivity contribution in [3.05, 3.63) is 41.5 Å². The first kappa shape index (κ1) is 18.4. The zero-order chi connectivity index (χ0) is 19.7. The molecule has 0 spiro atoms. The SMILES string of the molecule is COc1ccc(C2NC(=O)N(c3cc(OC)c(C)c(OC)c3)C2=O)cc1O. The van der Waals surface area contributed by atoms with Gasteiger partial charge in [0.05, 0.1) is 27.0 Å². The second-order valence-electron chi connectivity index (χ2n) is 5.96. The molecule has 0 saturated carbocycles. The Morgan fingerprint density at radius 2 is 1.56 bits per heavy atom. The number of carbonyl (C=O) groups excluding carboxylic acids is 2. The van der Waals surface area contributed by atoms with E-state index in [0.29, 0.717) is 22.7 Å². The lowest BCUT2D eigenvalue weighted by atomic mass is 10.1. The van der Waals surface area contributed by atoms with Gasteiger partial charge in [-0.2, -0.15) is 0 Å². The Morgan fingerprint density at radius 1 is 0.963 bits per heavy atom. The summed E-state index contributed by atoms with van der Waals surface area (Å²) >= 11 is 0. The summed E-state index contributed by atoms with van der Waals surface area (Å²) in [5.41, 5.74) is 1.53. The van der Waals surface area contributed by atoms with Gasteiger partial charge in [0.2, 0.25) is 0 Å². The van der Waals surface area contributed by atoms with Gasteiger partial charge in [-0.1, -0.05) is 6.07 Å². The molecule has 1 unspecified atom stereocenters. The quantitative estimate of drug-likeness (QED) is 0.783. The third-order valence-electron chi connectivity index (χ3n) is 4.47. The molecule has 1 fully saturated rings. The van der Waals surface area contributed by atoms with Crippen LogP contribution >= 0.6 is 0 Å². The maximum absolute atomic E-state index is 12.9. The van der Waals surface area contributed by atoms with Gasteiger partial charge >= 0.3 is 6.03 Å². The molecule has 1 atom stereocenters. The number of methoxy groups -OCH3 is 3. The summed E-state index contributed by atoms with van der Waals surface area (Å²) in [6, 6.07) is 6.24. The first-order valence-electron chi connectivity index (χ1n) is 8.15. The lowest BCUT2D eigenvalue weighted by molar-refractivity contribution is -0.118. The minimum atomic E-state index is -0.924. The van der Waals surface area contributed by atoms with E-state index in [0.717, 1.165) is 10.5 Å². The summed E-state index contributed by atoms with van der Waals surface area (Å²) in [6.07, 6.45) is 0. The molecule has 2 aromatic rings. The number of imide groups is 1. The van der Waals surface area contributed by atoms with Gasteiger partial charge in [-0.25, -0.2) is 9.69 Å². The number of rotatable bonds is 5. The van der Waals surface area contributed by atoms with Crippen molar-refractivity contribution in [2.45, 2.75) is 13.0 Å². The average Bonchev–Trinajstić information content (AvgIpc) is 2.96. The molecule has 142 valence electrons. The first-order valence-corrected chi connectivity index (χ1v) is 8.15. The summed E-state index contributed by atoms with van der Waals surface area (Å²) in [6.45, 7) is 1.82. The monoisotopic (exact) mass is 372 g/mol. The second-order valence-corrected chi connectivity index (χ2v) is 5.96. The van der Waals surface area contributed by atoms with Crippen molar-refractivity contribution in [2.24, 2.45) is 0 Å². The molecule has 27 heavy (non-hydrogen) atoms. The van der Waals surface area contributed by atoms with E-state index in [1.54, 1.807) is 18.2 Å². The van der Waals surface area contributed by atoms with Crippen LogP contribution in [0.4, 0.5) is 10.5 Å². The van der Waals surface area contributed by atoms with Gasteiger partial charge in [-0.05, 0) is 24.6 Å². The third kappa shape index (κ3) is 3.10. The summed E-state index contributed by atoms with van der Waals surface area (Å²) < 4.78 is 15.6. The van der Waals surface area contributed by atoms with E-state index >= 15 is 0 Å². The Bertz CT molecular complexity index is 886. The average molecular weight is 372 g/mol. The number of phenolic OH excluding ortho intramolecular Hbond substituents is 1. The Labute approximate surface area is 156 Å². The number of phenols is 1. The van der Waals surface area contributed by atoms with E-state index in [-0.39, 0.29) is 11.5 Å². The van der Waals surface area contributed by atoms with Crippen molar-refractivity contribution in [3.63, 3.8) is 0 Å². The van der Waals surface area contributed by atoms with Crippen molar-refractivity contribution in [2.75, 3.05) is 26.2 Å². The number of amides is 3. The Balaban J connectivity index is 1.99. The summed E-state index contributed by atoms with van der Waals surface area (Å²) in [7, 11) is 4.43. The molecule has 8 nitrogen and oxygen atoms in total. The number of ether oxygens (including phenoxy) is 3. The molecule has 0 bridgehead atoms.